The molecule has 2 aromatic rings. The lowest BCUT2D eigenvalue weighted by atomic mass is 9.97. The smallest absolute Gasteiger partial charge is 0.268 e. The zero-order valence-electron chi connectivity index (χ0n) is 9.64. The number of nitrogens with zero attached hydrogens (tertiary/aromatic N) is 2. The van der Waals surface area contributed by atoms with Crippen LogP contribution in [-0.4, -0.2) is 10.1 Å². The molecule has 2 rings (SSSR count). The van der Waals surface area contributed by atoms with Gasteiger partial charge in [0, 0.05) is 5.56 Å². The maximum Gasteiger partial charge on any atom is 0.268 e. The largest absolute Gasteiger partial charge is 0.508 e. The van der Waals surface area contributed by atoms with Gasteiger partial charge in [0.1, 0.15) is 34.8 Å². The number of benzene rings is 1. The molecule has 0 amide bonds. The van der Waals surface area contributed by atoms with Crippen molar-refractivity contribution in [3.05, 3.63) is 45.7 Å². The van der Waals surface area contributed by atoms with Crippen LogP contribution in [0.4, 0.5) is 5.82 Å². The molecule has 0 aliphatic heterocycles. The summed E-state index contributed by atoms with van der Waals surface area (Å²) in [6, 6.07) is 9.44. The van der Waals surface area contributed by atoms with Gasteiger partial charge in [-0.15, -0.1) is 0 Å². The highest BCUT2D eigenvalue weighted by molar-refractivity contribution is 5.80. The van der Waals surface area contributed by atoms with Crippen LogP contribution in [0.15, 0.2) is 29.1 Å². The van der Waals surface area contributed by atoms with Gasteiger partial charge in [0.05, 0.1) is 0 Å². The normalized spacial score (nSPS) is 9.58. The van der Waals surface area contributed by atoms with Gasteiger partial charge in [-0.25, -0.2) is 0 Å². The molecule has 0 bridgehead atoms. The summed E-state index contributed by atoms with van der Waals surface area (Å²) >= 11 is 0. The summed E-state index contributed by atoms with van der Waals surface area (Å²) in [5.74, 6) is -0.0480. The van der Waals surface area contributed by atoms with Gasteiger partial charge in [0.25, 0.3) is 5.56 Å². The molecule has 0 aliphatic carbocycles. The number of phenolic OH excluding ortho intramolecular Hbond substituents is 1. The second-order valence-electron chi connectivity index (χ2n) is 3.76. The van der Waals surface area contributed by atoms with Crippen molar-refractivity contribution in [3.8, 4) is 29.0 Å². The summed E-state index contributed by atoms with van der Waals surface area (Å²) in [6.45, 7) is 0. The number of aromatic nitrogens is 1. The Morgan fingerprint density at radius 1 is 1.11 bits per heavy atom. The Morgan fingerprint density at radius 2 is 1.68 bits per heavy atom. The van der Waals surface area contributed by atoms with Crippen molar-refractivity contribution in [3.63, 3.8) is 0 Å². The van der Waals surface area contributed by atoms with E-state index in [-0.39, 0.29) is 28.3 Å². The van der Waals surface area contributed by atoms with Gasteiger partial charge in [-0.05, 0) is 17.7 Å². The summed E-state index contributed by atoms with van der Waals surface area (Å²) < 4.78 is 0. The van der Waals surface area contributed by atoms with E-state index in [1.54, 1.807) is 6.07 Å². The van der Waals surface area contributed by atoms with Crippen LogP contribution in [0.25, 0.3) is 11.1 Å². The second-order valence-corrected chi connectivity index (χ2v) is 3.76. The molecule has 0 unspecified atom stereocenters. The standard InChI is InChI=1S/C13H8N4O2/c14-5-9-11(7-1-3-8(18)4-2-7)10(6-15)13(19)17-12(9)16/h1-4,18H,(H3,16,17,19). The molecule has 0 spiro atoms. The average Bonchev–Trinajstić information content (AvgIpc) is 2.39. The van der Waals surface area contributed by atoms with E-state index in [2.05, 4.69) is 4.98 Å². The SMILES string of the molecule is N#Cc1c(N)[nH]c(=O)c(C#N)c1-c1ccc(O)cc1. The fourth-order valence-electron chi connectivity index (χ4n) is 1.76. The molecule has 0 fully saturated rings. The first-order chi connectivity index (χ1) is 9.08. The Hall–Kier alpha value is -3.25. The van der Waals surface area contributed by atoms with Gasteiger partial charge in [0.15, 0.2) is 0 Å². The number of nitriles is 2. The van der Waals surface area contributed by atoms with Crippen molar-refractivity contribution in [1.29, 1.82) is 10.5 Å². The summed E-state index contributed by atoms with van der Waals surface area (Å²) in [5, 5.41) is 27.4. The number of aromatic hydroxyl groups is 1. The number of hydrogen-bond acceptors (Lipinski definition) is 5. The summed E-state index contributed by atoms with van der Waals surface area (Å²) in [4.78, 5) is 13.9. The zero-order chi connectivity index (χ0) is 14.0. The van der Waals surface area contributed by atoms with E-state index in [1.807, 2.05) is 6.07 Å². The molecule has 6 heteroatoms. The van der Waals surface area contributed by atoms with E-state index in [1.165, 1.54) is 24.3 Å². The molecule has 0 atom stereocenters. The highest BCUT2D eigenvalue weighted by atomic mass is 16.3. The lowest BCUT2D eigenvalue weighted by Gasteiger charge is -2.08. The minimum absolute atomic E-state index is 0.0295. The van der Waals surface area contributed by atoms with E-state index < -0.39 is 5.56 Å². The third-order valence-corrected chi connectivity index (χ3v) is 2.62. The zero-order valence-corrected chi connectivity index (χ0v) is 9.64. The number of anilines is 1. The van der Waals surface area contributed by atoms with Gasteiger partial charge < -0.3 is 15.8 Å². The van der Waals surface area contributed by atoms with E-state index in [4.69, 9.17) is 16.3 Å². The third kappa shape index (κ3) is 1.99. The fraction of sp³-hybridized carbons (Fsp3) is 0. The lowest BCUT2D eigenvalue weighted by molar-refractivity contribution is 0.475. The molecule has 4 N–H and O–H groups in total. The predicted molar refractivity (Wildman–Crippen MR) is 68.0 cm³/mol. The number of nitrogens with one attached hydrogen (secondary N) is 1. The van der Waals surface area contributed by atoms with Crippen molar-refractivity contribution in [2.24, 2.45) is 0 Å². The molecule has 0 saturated carbocycles. The number of nitrogens with two attached hydrogens (primary N) is 1. The quantitative estimate of drug-likeness (QED) is 0.699. The minimum Gasteiger partial charge on any atom is -0.508 e. The first-order valence-corrected chi connectivity index (χ1v) is 5.23. The number of H-pyrrole nitrogens is 1. The first kappa shape index (κ1) is 12.2. The van der Waals surface area contributed by atoms with Crippen LogP contribution < -0.4 is 11.3 Å². The van der Waals surface area contributed by atoms with Gasteiger partial charge in [-0.1, -0.05) is 12.1 Å². The minimum atomic E-state index is -0.651. The maximum atomic E-state index is 11.7. The maximum absolute atomic E-state index is 11.7. The van der Waals surface area contributed by atoms with Crippen molar-refractivity contribution >= 4 is 5.82 Å². The molecule has 1 aromatic heterocycles. The van der Waals surface area contributed by atoms with E-state index in [0.717, 1.165) is 0 Å². The molecule has 1 aromatic carbocycles. The predicted octanol–water partition coefficient (Wildman–Crippen LogP) is 1.07. The van der Waals surface area contributed by atoms with Crippen molar-refractivity contribution in [2.75, 3.05) is 5.73 Å². The third-order valence-electron chi connectivity index (χ3n) is 2.62. The second kappa shape index (κ2) is 4.55. The van der Waals surface area contributed by atoms with E-state index in [9.17, 15) is 9.90 Å². The van der Waals surface area contributed by atoms with Crippen LogP contribution in [-0.2, 0) is 0 Å². The van der Waals surface area contributed by atoms with Crippen LogP contribution in [0, 0.1) is 22.7 Å². The Kier molecular flexibility index (Phi) is 2.93. The summed E-state index contributed by atoms with van der Waals surface area (Å²) in [5.41, 5.74) is 5.42. The molecular formula is C13H8N4O2. The number of nitrogen functional groups attached to an aromatic ring is 1. The van der Waals surface area contributed by atoms with Gasteiger partial charge in [0.2, 0.25) is 0 Å². The highest BCUT2D eigenvalue weighted by Crippen LogP contribution is 2.28. The molecule has 1 heterocycles. The number of pyridine rings is 1. The Labute approximate surface area is 108 Å². The van der Waals surface area contributed by atoms with Crippen LogP contribution >= 0.6 is 0 Å². The molecule has 0 aliphatic rings. The van der Waals surface area contributed by atoms with E-state index in [0.29, 0.717) is 5.56 Å². The van der Waals surface area contributed by atoms with E-state index >= 15 is 0 Å². The average molecular weight is 252 g/mol. The Balaban J connectivity index is 2.89. The number of phenols is 1. The van der Waals surface area contributed by atoms with Gasteiger partial charge in [-0.3, -0.25) is 4.79 Å². The summed E-state index contributed by atoms with van der Waals surface area (Å²) in [7, 11) is 0. The Bertz CT molecular complexity index is 777. The van der Waals surface area contributed by atoms with Crippen LogP contribution in [0.3, 0.4) is 0 Å². The number of hydrogen-bond donors (Lipinski definition) is 3. The van der Waals surface area contributed by atoms with Crippen LogP contribution in [0.1, 0.15) is 11.1 Å². The highest BCUT2D eigenvalue weighted by Gasteiger charge is 2.17. The van der Waals surface area contributed by atoms with Crippen LogP contribution in [0.5, 0.6) is 5.75 Å². The van der Waals surface area contributed by atoms with Crippen LogP contribution in [0.2, 0.25) is 0 Å². The molecule has 92 valence electrons. The molecule has 0 saturated heterocycles. The number of aromatic amines is 1. The monoisotopic (exact) mass is 252 g/mol. The Morgan fingerprint density at radius 3 is 2.21 bits per heavy atom. The number of rotatable bonds is 1. The molecular weight excluding hydrogens is 244 g/mol. The molecule has 0 radical (unpaired) electrons. The van der Waals surface area contributed by atoms with Crippen molar-refractivity contribution in [2.45, 2.75) is 0 Å². The first-order valence-electron chi connectivity index (χ1n) is 5.23. The molecule has 6 nitrogen and oxygen atoms in total. The topological polar surface area (TPSA) is 127 Å². The lowest BCUT2D eigenvalue weighted by Crippen LogP contribution is -2.16. The van der Waals surface area contributed by atoms with Gasteiger partial charge in [-0.2, -0.15) is 10.5 Å². The van der Waals surface area contributed by atoms with Crippen molar-refractivity contribution < 1.29 is 5.11 Å². The van der Waals surface area contributed by atoms with Gasteiger partial charge >= 0.3 is 0 Å². The van der Waals surface area contributed by atoms with Crippen molar-refractivity contribution in [1.82, 2.24) is 4.98 Å². The molecule has 19 heavy (non-hydrogen) atoms. The fourth-order valence-corrected chi connectivity index (χ4v) is 1.76. The summed E-state index contributed by atoms with van der Waals surface area (Å²) in [6.07, 6.45) is 0.